The van der Waals surface area contributed by atoms with Gasteiger partial charge in [0.25, 0.3) is 17.7 Å². The highest BCUT2D eigenvalue weighted by Crippen LogP contribution is 2.39. The van der Waals surface area contributed by atoms with Crippen molar-refractivity contribution in [3.05, 3.63) is 111 Å². The van der Waals surface area contributed by atoms with Crippen molar-refractivity contribution >= 4 is 52.7 Å². The Morgan fingerprint density at radius 3 is 2.27 bits per heavy atom. The fourth-order valence-electron chi connectivity index (χ4n) is 4.97. The quantitative estimate of drug-likeness (QED) is 0.113. The summed E-state index contributed by atoms with van der Waals surface area (Å²) in [6.07, 6.45) is 2.68. The number of fused-ring (bicyclic) bond motifs is 1. The molecule has 0 spiro atoms. The van der Waals surface area contributed by atoms with E-state index < -0.39 is 47.9 Å². The van der Waals surface area contributed by atoms with Crippen molar-refractivity contribution < 1.29 is 28.7 Å². The molecule has 2 aliphatic rings. The first-order chi connectivity index (χ1) is 19.6. The lowest BCUT2D eigenvalue weighted by Gasteiger charge is -2.30. The van der Waals surface area contributed by atoms with Crippen LogP contribution in [0.3, 0.4) is 0 Å². The van der Waals surface area contributed by atoms with Crippen LogP contribution in [0.2, 0.25) is 10.0 Å². The van der Waals surface area contributed by atoms with Crippen LogP contribution in [0, 0.1) is 11.8 Å². The summed E-state index contributed by atoms with van der Waals surface area (Å²) in [5.74, 6) is -3.99. The van der Waals surface area contributed by atoms with Gasteiger partial charge in [-0.15, -0.1) is 0 Å². The van der Waals surface area contributed by atoms with Gasteiger partial charge in [-0.05, 0) is 74.4 Å². The zero-order valence-corrected chi connectivity index (χ0v) is 23.4. The molecule has 3 aromatic rings. The third-order valence-corrected chi connectivity index (χ3v) is 7.67. The van der Waals surface area contributed by atoms with E-state index in [9.17, 15) is 24.0 Å². The number of allylic oxidation sites excluding steroid dienone is 2. The molecule has 1 fully saturated rings. The molecule has 5 rings (SSSR count). The molecule has 0 radical (unpaired) electrons. The molecule has 0 bridgehead atoms. The molecule has 208 valence electrons. The van der Waals surface area contributed by atoms with Crippen molar-refractivity contribution in [3.63, 3.8) is 0 Å². The highest BCUT2D eigenvalue weighted by Gasteiger charge is 2.52. The molecule has 3 amide bonds. The largest absolute Gasteiger partial charge is 0.423 e. The summed E-state index contributed by atoms with van der Waals surface area (Å²) < 4.78 is 5.36. The van der Waals surface area contributed by atoms with Crippen LogP contribution in [0.25, 0.3) is 0 Å². The topological polar surface area (TPSA) is 101 Å². The number of rotatable bonds is 7. The molecule has 8 nitrogen and oxygen atoms in total. The molecule has 3 aromatic carbocycles. The molecular weight excluding hydrogens is 567 g/mol. The summed E-state index contributed by atoms with van der Waals surface area (Å²) in [6.45, 7) is 1.28. The monoisotopic (exact) mass is 590 g/mol. The number of carbonyl (C=O) groups is 5. The Morgan fingerprint density at radius 2 is 1.59 bits per heavy atom. The van der Waals surface area contributed by atoms with Crippen molar-refractivity contribution in [2.45, 2.75) is 19.8 Å². The predicted octanol–water partition coefficient (Wildman–Crippen LogP) is 5.79. The molecule has 1 aliphatic heterocycles. The number of ketones is 1. The molecule has 0 unspecified atom stereocenters. The van der Waals surface area contributed by atoms with Crippen LogP contribution in [-0.4, -0.2) is 46.0 Å². The molecule has 0 aromatic heterocycles. The van der Waals surface area contributed by atoms with Gasteiger partial charge in [0.1, 0.15) is 12.3 Å². The number of carbonyl (C=O) groups excluding carboxylic acids is 5. The Hall–Kier alpha value is -4.27. The number of ether oxygens (including phenoxy) is 1. The minimum absolute atomic E-state index is 0.0126. The van der Waals surface area contributed by atoms with E-state index in [-0.39, 0.29) is 21.9 Å². The van der Waals surface area contributed by atoms with E-state index >= 15 is 0 Å². The van der Waals surface area contributed by atoms with Gasteiger partial charge in [-0.1, -0.05) is 53.1 Å². The first-order valence-corrected chi connectivity index (χ1v) is 13.6. The molecular formula is C31H24Cl2N2O6. The number of nitrogens with zero attached hydrogens (tertiary/aromatic N) is 2. The molecule has 2 atom stereocenters. The van der Waals surface area contributed by atoms with E-state index in [0.717, 1.165) is 15.6 Å². The van der Waals surface area contributed by atoms with Gasteiger partial charge in [-0.25, -0.2) is 9.80 Å². The molecule has 1 heterocycles. The summed E-state index contributed by atoms with van der Waals surface area (Å²) in [4.78, 5) is 66.4. The number of imide groups is 1. The third kappa shape index (κ3) is 5.80. The van der Waals surface area contributed by atoms with Crippen LogP contribution in [-0.2, 0) is 9.59 Å². The fraction of sp³-hybridized carbons (Fsp3) is 0.194. The van der Waals surface area contributed by atoms with Crippen LogP contribution >= 0.6 is 23.2 Å². The minimum Gasteiger partial charge on any atom is -0.423 e. The standard InChI is InChI=1S/C31H24Cl2N2O6/c1-18-7-13-23-25(15-18)30(39)35(29(23)38)34(28(37)24-14-10-21(32)16-26(24)33)17-27(36)19-8-11-22(12-9-19)41-31(40)20-5-3-2-4-6-20/h2-12,14,16,23,25H,13,15,17H2,1H3/t23-,25+/m1/s1. The second-order valence-electron chi connectivity index (χ2n) is 9.88. The number of esters is 1. The summed E-state index contributed by atoms with van der Waals surface area (Å²) in [5, 5.41) is 1.96. The van der Waals surface area contributed by atoms with Crippen LogP contribution in [0.4, 0.5) is 0 Å². The molecule has 0 saturated carbocycles. The highest BCUT2D eigenvalue weighted by molar-refractivity contribution is 6.36. The normalized spacial score (nSPS) is 18.0. The number of Topliss-reactive ketones (excluding diaryl/α,β-unsaturated/α-hetero) is 1. The first kappa shape index (κ1) is 28.3. The van der Waals surface area contributed by atoms with Gasteiger partial charge in [0.05, 0.1) is 28.0 Å². The number of hydrogen-bond donors (Lipinski definition) is 0. The van der Waals surface area contributed by atoms with Crippen molar-refractivity contribution in [2.24, 2.45) is 11.8 Å². The Labute approximate surface area is 246 Å². The van der Waals surface area contributed by atoms with E-state index in [1.165, 1.54) is 42.5 Å². The van der Waals surface area contributed by atoms with Crippen LogP contribution in [0.5, 0.6) is 5.75 Å². The summed E-state index contributed by atoms with van der Waals surface area (Å²) in [5.41, 5.74) is 1.51. The average Bonchev–Trinajstić information content (AvgIpc) is 3.20. The zero-order valence-electron chi connectivity index (χ0n) is 21.9. The Kier molecular flexibility index (Phi) is 8.06. The van der Waals surface area contributed by atoms with Gasteiger partial charge < -0.3 is 4.74 Å². The molecule has 1 saturated heterocycles. The van der Waals surface area contributed by atoms with Gasteiger partial charge in [0, 0.05) is 10.6 Å². The van der Waals surface area contributed by atoms with Gasteiger partial charge >= 0.3 is 5.97 Å². The summed E-state index contributed by atoms with van der Waals surface area (Å²) >= 11 is 12.3. The number of halogens is 2. The summed E-state index contributed by atoms with van der Waals surface area (Å²) in [6, 6.07) is 18.4. The lowest BCUT2D eigenvalue weighted by atomic mass is 9.82. The van der Waals surface area contributed by atoms with Gasteiger partial charge in [0.2, 0.25) is 0 Å². The fourth-order valence-corrected chi connectivity index (χ4v) is 5.46. The second-order valence-corrected chi connectivity index (χ2v) is 10.7. The van der Waals surface area contributed by atoms with Crippen LogP contribution in [0.15, 0.2) is 84.4 Å². The average molecular weight is 591 g/mol. The maximum atomic E-state index is 13.7. The van der Waals surface area contributed by atoms with E-state index in [0.29, 0.717) is 23.4 Å². The number of hydrogen-bond acceptors (Lipinski definition) is 6. The minimum atomic E-state index is -0.793. The lowest BCUT2D eigenvalue weighted by Crippen LogP contribution is -2.52. The Balaban J connectivity index is 1.40. The lowest BCUT2D eigenvalue weighted by molar-refractivity contribution is -0.154. The van der Waals surface area contributed by atoms with E-state index in [1.54, 1.807) is 30.3 Å². The van der Waals surface area contributed by atoms with Crippen molar-refractivity contribution in [3.8, 4) is 5.75 Å². The highest BCUT2D eigenvalue weighted by atomic mass is 35.5. The number of amides is 3. The molecule has 0 N–H and O–H groups in total. The number of benzene rings is 3. The smallest absolute Gasteiger partial charge is 0.343 e. The maximum absolute atomic E-state index is 13.7. The van der Waals surface area contributed by atoms with Crippen LogP contribution < -0.4 is 4.74 Å². The van der Waals surface area contributed by atoms with Crippen molar-refractivity contribution in [1.29, 1.82) is 0 Å². The van der Waals surface area contributed by atoms with Gasteiger partial charge in [-0.3, -0.25) is 19.2 Å². The molecule has 10 heteroatoms. The van der Waals surface area contributed by atoms with E-state index in [4.69, 9.17) is 27.9 Å². The Bertz CT molecular complexity index is 1590. The van der Waals surface area contributed by atoms with Gasteiger partial charge in [0.15, 0.2) is 5.78 Å². The SMILES string of the molecule is CC1=CC[C@H]2C(=O)N(N(CC(=O)c3ccc(OC(=O)c4ccccc4)cc3)C(=O)c3ccc(Cl)cc3Cl)C(=O)[C@H]2C1. The first-order valence-electron chi connectivity index (χ1n) is 12.8. The summed E-state index contributed by atoms with van der Waals surface area (Å²) in [7, 11) is 0. The van der Waals surface area contributed by atoms with Crippen molar-refractivity contribution in [1.82, 2.24) is 10.0 Å². The molecule has 1 aliphatic carbocycles. The van der Waals surface area contributed by atoms with Crippen molar-refractivity contribution in [2.75, 3.05) is 6.54 Å². The van der Waals surface area contributed by atoms with Gasteiger partial charge in [-0.2, -0.15) is 5.01 Å². The number of hydrazine groups is 1. The zero-order chi connectivity index (χ0) is 29.3. The maximum Gasteiger partial charge on any atom is 0.343 e. The second kappa shape index (κ2) is 11.7. The Morgan fingerprint density at radius 1 is 0.902 bits per heavy atom. The third-order valence-electron chi connectivity index (χ3n) is 7.13. The van der Waals surface area contributed by atoms with E-state index in [1.807, 2.05) is 13.0 Å². The van der Waals surface area contributed by atoms with Crippen LogP contribution in [0.1, 0.15) is 50.8 Å². The van der Waals surface area contributed by atoms with E-state index in [2.05, 4.69) is 0 Å². The molecule has 41 heavy (non-hydrogen) atoms. The predicted molar refractivity (Wildman–Crippen MR) is 151 cm³/mol.